The lowest BCUT2D eigenvalue weighted by atomic mass is 10.1. The van der Waals surface area contributed by atoms with Gasteiger partial charge in [-0.1, -0.05) is 36.4 Å². The summed E-state index contributed by atoms with van der Waals surface area (Å²) in [6, 6.07) is 14.7. The summed E-state index contributed by atoms with van der Waals surface area (Å²) in [6.45, 7) is 3.81. The maximum absolute atomic E-state index is 12.8. The second-order valence-corrected chi connectivity index (χ2v) is 8.66. The molecule has 3 aromatic rings. The monoisotopic (exact) mass is 383 g/mol. The van der Waals surface area contributed by atoms with Gasteiger partial charge in [-0.2, -0.15) is 5.10 Å². The third-order valence-electron chi connectivity index (χ3n) is 4.28. The van der Waals surface area contributed by atoms with E-state index in [0.717, 1.165) is 11.3 Å². The summed E-state index contributed by atoms with van der Waals surface area (Å²) in [5.41, 5.74) is 4.14. The Kier molecular flexibility index (Phi) is 5.14. The minimum atomic E-state index is -3.21. The van der Waals surface area contributed by atoms with Crippen LogP contribution in [0.5, 0.6) is 0 Å². The molecule has 0 aliphatic carbocycles. The predicted octanol–water partition coefficient (Wildman–Crippen LogP) is 3.29. The molecule has 0 spiro atoms. The van der Waals surface area contributed by atoms with E-state index in [2.05, 4.69) is 10.4 Å². The highest BCUT2D eigenvalue weighted by atomic mass is 32.2. The van der Waals surface area contributed by atoms with E-state index in [9.17, 15) is 13.2 Å². The summed E-state index contributed by atoms with van der Waals surface area (Å²) in [5.74, 6) is -0.460. The summed E-state index contributed by atoms with van der Waals surface area (Å²) in [4.78, 5) is 12.8. The van der Waals surface area contributed by atoms with E-state index in [1.54, 1.807) is 28.9 Å². The molecule has 0 fully saturated rings. The maximum atomic E-state index is 12.8. The maximum Gasteiger partial charge on any atom is 0.259 e. The van der Waals surface area contributed by atoms with E-state index in [1.165, 1.54) is 12.5 Å². The molecule has 0 aliphatic rings. The first-order chi connectivity index (χ1) is 12.8. The van der Waals surface area contributed by atoms with Crippen molar-refractivity contribution in [2.24, 2.45) is 0 Å². The van der Waals surface area contributed by atoms with Crippen molar-refractivity contribution in [3.05, 3.63) is 77.1 Å². The van der Waals surface area contributed by atoms with Crippen LogP contribution in [0.25, 0.3) is 5.69 Å². The number of aryl methyl sites for hydroxylation is 1. The Bertz CT molecular complexity index is 1100. The molecule has 0 unspecified atom stereocenters. The number of aromatic nitrogens is 2. The summed E-state index contributed by atoms with van der Waals surface area (Å²) in [6.07, 6.45) is 2.69. The number of hydrogen-bond acceptors (Lipinski definition) is 4. The van der Waals surface area contributed by atoms with Gasteiger partial charge in [0.1, 0.15) is 0 Å². The highest BCUT2D eigenvalue weighted by Crippen LogP contribution is 2.21. The van der Waals surface area contributed by atoms with Crippen LogP contribution in [-0.4, -0.2) is 30.4 Å². The Hall–Kier alpha value is -2.93. The van der Waals surface area contributed by atoms with Gasteiger partial charge in [0.05, 0.1) is 28.9 Å². The zero-order valence-electron chi connectivity index (χ0n) is 15.4. The average Bonchev–Trinajstić information content (AvgIpc) is 2.97. The second-order valence-electron chi connectivity index (χ2n) is 6.52. The van der Waals surface area contributed by atoms with Crippen LogP contribution in [0.3, 0.4) is 0 Å². The van der Waals surface area contributed by atoms with Gasteiger partial charge in [-0.3, -0.25) is 4.79 Å². The summed E-state index contributed by atoms with van der Waals surface area (Å²) in [5, 5.41) is 7.16. The van der Waals surface area contributed by atoms with E-state index in [0.29, 0.717) is 22.5 Å². The van der Waals surface area contributed by atoms with E-state index in [-0.39, 0.29) is 11.7 Å². The molecule has 0 saturated carbocycles. The van der Waals surface area contributed by atoms with Crippen molar-refractivity contribution in [3.8, 4) is 5.69 Å². The van der Waals surface area contributed by atoms with Crippen molar-refractivity contribution in [1.29, 1.82) is 0 Å². The highest BCUT2D eigenvalue weighted by Gasteiger charge is 2.18. The molecule has 2 aromatic carbocycles. The summed E-state index contributed by atoms with van der Waals surface area (Å²) in [7, 11) is -3.21. The van der Waals surface area contributed by atoms with Crippen molar-refractivity contribution in [2.45, 2.75) is 19.6 Å². The highest BCUT2D eigenvalue weighted by molar-refractivity contribution is 7.89. The smallest absolute Gasteiger partial charge is 0.259 e. The molecule has 1 heterocycles. The van der Waals surface area contributed by atoms with E-state index < -0.39 is 9.84 Å². The zero-order chi connectivity index (χ0) is 19.6. The lowest BCUT2D eigenvalue weighted by molar-refractivity contribution is 0.102. The Morgan fingerprint density at radius 1 is 1.07 bits per heavy atom. The Morgan fingerprint density at radius 3 is 2.44 bits per heavy atom. The van der Waals surface area contributed by atoms with Crippen LogP contribution in [0.4, 0.5) is 5.69 Å². The Balaban J connectivity index is 1.90. The molecule has 27 heavy (non-hydrogen) atoms. The van der Waals surface area contributed by atoms with Gasteiger partial charge in [-0.25, -0.2) is 13.1 Å². The Labute approximate surface area is 158 Å². The molecule has 3 rings (SSSR count). The van der Waals surface area contributed by atoms with Crippen LogP contribution in [0.15, 0.2) is 54.7 Å². The fourth-order valence-electron chi connectivity index (χ4n) is 2.92. The van der Waals surface area contributed by atoms with Crippen molar-refractivity contribution in [3.63, 3.8) is 0 Å². The summed E-state index contributed by atoms with van der Waals surface area (Å²) >= 11 is 0. The number of sulfone groups is 1. The minimum absolute atomic E-state index is 0.134. The number of carbonyl (C=O) groups is 1. The quantitative estimate of drug-likeness (QED) is 0.733. The van der Waals surface area contributed by atoms with Crippen LogP contribution in [0, 0.1) is 13.8 Å². The van der Waals surface area contributed by atoms with E-state index in [4.69, 9.17) is 0 Å². The standard InChI is InChI=1S/C20H21N3O3S/c1-14-8-4-7-11-19(14)23-15(2)17(12-21-23)20(24)22-18-10-6-5-9-16(18)13-27(3,25)26/h4-12H,13H2,1-3H3,(H,22,24). The molecule has 1 N–H and O–H groups in total. The molecule has 0 saturated heterocycles. The number of anilines is 1. The van der Waals surface area contributed by atoms with Crippen LogP contribution < -0.4 is 5.32 Å². The largest absolute Gasteiger partial charge is 0.322 e. The second kappa shape index (κ2) is 7.36. The normalized spacial score (nSPS) is 11.4. The van der Waals surface area contributed by atoms with Gasteiger partial charge in [0, 0.05) is 11.9 Å². The van der Waals surface area contributed by atoms with E-state index in [1.807, 2.05) is 38.1 Å². The lowest BCUT2D eigenvalue weighted by Gasteiger charge is -2.11. The fraction of sp³-hybridized carbons (Fsp3) is 0.200. The SMILES string of the molecule is Cc1ccccc1-n1ncc(C(=O)Nc2ccccc2CS(C)(=O)=O)c1C. The number of rotatable bonds is 5. The number of hydrogen-bond donors (Lipinski definition) is 1. The van der Waals surface area contributed by atoms with Gasteiger partial charge in [-0.05, 0) is 37.1 Å². The fourth-order valence-corrected chi connectivity index (χ4v) is 3.73. The number of nitrogens with zero attached hydrogens (tertiary/aromatic N) is 2. The predicted molar refractivity (Wildman–Crippen MR) is 106 cm³/mol. The lowest BCUT2D eigenvalue weighted by Crippen LogP contribution is -2.15. The number of nitrogens with one attached hydrogen (secondary N) is 1. The third-order valence-corrected chi connectivity index (χ3v) is 5.12. The van der Waals surface area contributed by atoms with Gasteiger partial charge in [0.25, 0.3) is 5.91 Å². The number of para-hydroxylation sites is 2. The molecule has 1 aromatic heterocycles. The molecule has 1 amide bonds. The van der Waals surface area contributed by atoms with E-state index >= 15 is 0 Å². The van der Waals surface area contributed by atoms with Crippen LogP contribution in [-0.2, 0) is 15.6 Å². The topological polar surface area (TPSA) is 81.1 Å². The number of carbonyl (C=O) groups excluding carboxylic acids is 1. The first-order valence-electron chi connectivity index (χ1n) is 8.44. The molecule has 7 heteroatoms. The third kappa shape index (κ3) is 4.25. The molecule has 0 aliphatic heterocycles. The molecule has 0 atom stereocenters. The van der Waals surface area contributed by atoms with Gasteiger partial charge in [-0.15, -0.1) is 0 Å². The number of amides is 1. The Morgan fingerprint density at radius 2 is 1.74 bits per heavy atom. The number of benzene rings is 2. The van der Waals surface area contributed by atoms with Gasteiger partial charge in [0.15, 0.2) is 9.84 Å². The van der Waals surface area contributed by atoms with Crippen LogP contribution in [0.2, 0.25) is 0 Å². The minimum Gasteiger partial charge on any atom is -0.322 e. The first kappa shape index (κ1) is 18.8. The molecular formula is C20H21N3O3S. The van der Waals surface area contributed by atoms with Gasteiger partial charge < -0.3 is 5.32 Å². The molecule has 140 valence electrons. The van der Waals surface area contributed by atoms with Crippen molar-refractivity contribution in [2.75, 3.05) is 11.6 Å². The van der Waals surface area contributed by atoms with Gasteiger partial charge in [0.2, 0.25) is 0 Å². The summed E-state index contributed by atoms with van der Waals surface area (Å²) < 4.78 is 25.0. The molecule has 0 radical (unpaired) electrons. The zero-order valence-corrected chi connectivity index (χ0v) is 16.2. The van der Waals surface area contributed by atoms with Gasteiger partial charge >= 0.3 is 0 Å². The molecule has 6 nitrogen and oxygen atoms in total. The van der Waals surface area contributed by atoms with Crippen molar-refractivity contribution < 1.29 is 13.2 Å². The van der Waals surface area contributed by atoms with Crippen molar-refractivity contribution in [1.82, 2.24) is 9.78 Å². The van der Waals surface area contributed by atoms with Crippen LogP contribution in [0.1, 0.15) is 27.2 Å². The van der Waals surface area contributed by atoms with Crippen molar-refractivity contribution >= 4 is 21.4 Å². The molecule has 0 bridgehead atoms. The van der Waals surface area contributed by atoms with Crippen LogP contribution >= 0.6 is 0 Å². The first-order valence-corrected chi connectivity index (χ1v) is 10.5. The average molecular weight is 383 g/mol. The molecular weight excluding hydrogens is 362 g/mol.